The quantitative estimate of drug-likeness (QED) is 0.926. The van der Waals surface area contributed by atoms with Gasteiger partial charge in [0.1, 0.15) is 11.6 Å². The number of carbonyl (C=O) groups excluding carboxylic acids is 1. The number of hydrogen-bond acceptors (Lipinski definition) is 2. The van der Waals surface area contributed by atoms with E-state index in [1.165, 1.54) is 12.1 Å². The molecular formula is C15H13BrFNO2. The standard InChI is InChI=1S/C15H13BrFNO2/c1-20-12-6-7-14(16)13(8-12)15(19)18-9-10-2-4-11(17)5-3-10/h2-8H,9H2,1H3,(H,18,19). The number of carbonyl (C=O) groups is 1. The molecular weight excluding hydrogens is 325 g/mol. The molecule has 5 heteroatoms. The van der Waals surface area contributed by atoms with Crippen LogP contribution in [0.2, 0.25) is 0 Å². The predicted octanol–water partition coefficient (Wildman–Crippen LogP) is 3.53. The topological polar surface area (TPSA) is 38.3 Å². The highest BCUT2D eigenvalue weighted by molar-refractivity contribution is 9.10. The van der Waals surface area contributed by atoms with Crippen LogP contribution in [0.25, 0.3) is 0 Å². The fourth-order valence-corrected chi connectivity index (χ4v) is 2.11. The molecule has 3 nitrogen and oxygen atoms in total. The van der Waals surface area contributed by atoms with Crippen molar-refractivity contribution in [3.05, 3.63) is 63.9 Å². The fourth-order valence-electron chi connectivity index (χ4n) is 1.69. The van der Waals surface area contributed by atoms with Crippen LogP contribution in [0.4, 0.5) is 4.39 Å². The summed E-state index contributed by atoms with van der Waals surface area (Å²) in [6.07, 6.45) is 0. The van der Waals surface area contributed by atoms with Crippen LogP contribution >= 0.6 is 15.9 Å². The summed E-state index contributed by atoms with van der Waals surface area (Å²) in [6, 6.07) is 11.2. The van der Waals surface area contributed by atoms with Crippen molar-refractivity contribution in [2.45, 2.75) is 6.54 Å². The van der Waals surface area contributed by atoms with E-state index in [4.69, 9.17) is 4.74 Å². The van der Waals surface area contributed by atoms with Crippen molar-refractivity contribution in [3.8, 4) is 5.75 Å². The number of methoxy groups -OCH3 is 1. The van der Waals surface area contributed by atoms with Crippen molar-refractivity contribution >= 4 is 21.8 Å². The minimum absolute atomic E-state index is 0.222. The zero-order chi connectivity index (χ0) is 14.5. The molecule has 0 fully saturated rings. The van der Waals surface area contributed by atoms with Gasteiger partial charge in [0, 0.05) is 11.0 Å². The summed E-state index contributed by atoms with van der Waals surface area (Å²) in [7, 11) is 1.55. The van der Waals surface area contributed by atoms with E-state index in [9.17, 15) is 9.18 Å². The lowest BCUT2D eigenvalue weighted by Gasteiger charge is -2.08. The van der Waals surface area contributed by atoms with Crippen molar-refractivity contribution in [2.75, 3.05) is 7.11 Å². The van der Waals surface area contributed by atoms with E-state index in [2.05, 4.69) is 21.2 Å². The van der Waals surface area contributed by atoms with Gasteiger partial charge in [-0.25, -0.2) is 4.39 Å². The highest BCUT2D eigenvalue weighted by Gasteiger charge is 2.11. The Morgan fingerprint density at radius 3 is 2.60 bits per heavy atom. The van der Waals surface area contributed by atoms with Crippen LogP contribution in [0.3, 0.4) is 0 Å². The van der Waals surface area contributed by atoms with Crippen LogP contribution in [-0.2, 0) is 6.54 Å². The second-order valence-corrected chi connectivity index (χ2v) is 5.01. The third-order valence-electron chi connectivity index (χ3n) is 2.78. The molecule has 1 N–H and O–H groups in total. The molecule has 0 aromatic heterocycles. The minimum atomic E-state index is -0.296. The van der Waals surface area contributed by atoms with E-state index < -0.39 is 0 Å². The third kappa shape index (κ3) is 3.57. The van der Waals surface area contributed by atoms with Crippen molar-refractivity contribution in [3.63, 3.8) is 0 Å². The molecule has 2 aromatic rings. The van der Waals surface area contributed by atoms with Crippen molar-refractivity contribution in [2.24, 2.45) is 0 Å². The summed E-state index contributed by atoms with van der Waals surface area (Å²) in [5.41, 5.74) is 1.32. The highest BCUT2D eigenvalue weighted by Crippen LogP contribution is 2.22. The van der Waals surface area contributed by atoms with Gasteiger partial charge in [-0.05, 0) is 51.8 Å². The monoisotopic (exact) mass is 337 g/mol. The van der Waals surface area contributed by atoms with Crippen molar-refractivity contribution < 1.29 is 13.9 Å². The van der Waals surface area contributed by atoms with E-state index >= 15 is 0 Å². The maximum atomic E-state index is 12.8. The summed E-state index contributed by atoms with van der Waals surface area (Å²) >= 11 is 3.33. The van der Waals surface area contributed by atoms with Crippen LogP contribution in [0.15, 0.2) is 46.9 Å². The second kappa shape index (κ2) is 6.52. The molecule has 0 heterocycles. The average Bonchev–Trinajstić information content (AvgIpc) is 2.47. The van der Waals surface area contributed by atoms with Crippen LogP contribution in [0.1, 0.15) is 15.9 Å². The fraction of sp³-hybridized carbons (Fsp3) is 0.133. The molecule has 2 rings (SSSR count). The molecule has 0 saturated carbocycles. The SMILES string of the molecule is COc1ccc(Br)c(C(=O)NCc2ccc(F)cc2)c1. The van der Waals surface area contributed by atoms with Crippen LogP contribution < -0.4 is 10.1 Å². The van der Waals surface area contributed by atoms with E-state index in [0.717, 1.165) is 5.56 Å². The summed E-state index contributed by atoms with van der Waals surface area (Å²) in [5.74, 6) is 0.0934. The molecule has 0 radical (unpaired) electrons. The summed E-state index contributed by atoms with van der Waals surface area (Å²) in [5, 5.41) is 2.78. The summed E-state index contributed by atoms with van der Waals surface area (Å²) in [4.78, 5) is 12.1. The zero-order valence-electron chi connectivity index (χ0n) is 10.8. The molecule has 0 aliphatic carbocycles. The number of amides is 1. The van der Waals surface area contributed by atoms with E-state index in [0.29, 0.717) is 22.3 Å². The third-order valence-corrected chi connectivity index (χ3v) is 3.48. The van der Waals surface area contributed by atoms with Gasteiger partial charge >= 0.3 is 0 Å². The molecule has 104 valence electrons. The molecule has 0 aliphatic heterocycles. The number of rotatable bonds is 4. The Bertz CT molecular complexity index is 614. The molecule has 0 spiro atoms. The molecule has 0 saturated heterocycles. The Balaban J connectivity index is 2.06. The Hall–Kier alpha value is -1.88. The van der Waals surface area contributed by atoms with Crippen LogP contribution in [0, 0.1) is 5.82 Å². The van der Waals surface area contributed by atoms with Gasteiger partial charge in [0.15, 0.2) is 0 Å². The normalized spacial score (nSPS) is 10.2. The zero-order valence-corrected chi connectivity index (χ0v) is 12.4. The first-order valence-corrected chi connectivity index (χ1v) is 6.75. The lowest BCUT2D eigenvalue weighted by atomic mass is 10.2. The molecule has 0 bridgehead atoms. The van der Waals surface area contributed by atoms with Gasteiger partial charge in [-0.3, -0.25) is 4.79 Å². The summed E-state index contributed by atoms with van der Waals surface area (Å²) < 4.78 is 18.6. The first kappa shape index (κ1) is 14.5. The molecule has 1 amide bonds. The van der Waals surface area contributed by atoms with Gasteiger partial charge in [0.25, 0.3) is 5.91 Å². The Labute approximate surface area is 124 Å². The van der Waals surface area contributed by atoms with Crippen LogP contribution in [-0.4, -0.2) is 13.0 Å². The first-order valence-electron chi connectivity index (χ1n) is 5.96. The van der Waals surface area contributed by atoms with Gasteiger partial charge in [-0.15, -0.1) is 0 Å². The van der Waals surface area contributed by atoms with Crippen molar-refractivity contribution in [1.82, 2.24) is 5.32 Å². The number of halogens is 2. The maximum absolute atomic E-state index is 12.8. The Morgan fingerprint density at radius 1 is 1.25 bits per heavy atom. The molecule has 0 unspecified atom stereocenters. The average molecular weight is 338 g/mol. The smallest absolute Gasteiger partial charge is 0.252 e. The van der Waals surface area contributed by atoms with Gasteiger partial charge in [0.05, 0.1) is 12.7 Å². The minimum Gasteiger partial charge on any atom is -0.497 e. The van der Waals surface area contributed by atoms with Crippen LogP contribution in [0.5, 0.6) is 5.75 Å². The van der Waals surface area contributed by atoms with Gasteiger partial charge in [-0.2, -0.15) is 0 Å². The molecule has 20 heavy (non-hydrogen) atoms. The van der Waals surface area contributed by atoms with Crippen molar-refractivity contribution in [1.29, 1.82) is 0 Å². The van der Waals surface area contributed by atoms with E-state index in [1.807, 2.05) is 0 Å². The molecule has 0 atom stereocenters. The number of benzene rings is 2. The first-order chi connectivity index (χ1) is 9.60. The van der Waals surface area contributed by atoms with Gasteiger partial charge < -0.3 is 10.1 Å². The summed E-state index contributed by atoms with van der Waals surface area (Å²) in [6.45, 7) is 0.336. The lowest BCUT2D eigenvalue weighted by molar-refractivity contribution is 0.0950. The lowest BCUT2D eigenvalue weighted by Crippen LogP contribution is -2.23. The predicted molar refractivity (Wildman–Crippen MR) is 78.3 cm³/mol. The molecule has 0 aliphatic rings. The number of nitrogens with one attached hydrogen (secondary N) is 1. The van der Waals surface area contributed by atoms with E-state index in [1.54, 1.807) is 37.4 Å². The van der Waals surface area contributed by atoms with E-state index in [-0.39, 0.29) is 11.7 Å². The van der Waals surface area contributed by atoms with Gasteiger partial charge in [0.2, 0.25) is 0 Å². The largest absolute Gasteiger partial charge is 0.497 e. The number of ether oxygens (including phenoxy) is 1. The Morgan fingerprint density at radius 2 is 1.95 bits per heavy atom. The molecule has 2 aromatic carbocycles. The number of hydrogen-bond donors (Lipinski definition) is 1. The van der Waals surface area contributed by atoms with Gasteiger partial charge in [-0.1, -0.05) is 12.1 Å². The Kier molecular flexibility index (Phi) is 4.74. The maximum Gasteiger partial charge on any atom is 0.252 e. The second-order valence-electron chi connectivity index (χ2n) is 4.15. The highest BCUT2D eigenvalue weighted by atomic mass is 79.9.